The molecule has 6 nitrogen and oxygen atoms in total. The van der Waals surface area contributed by atoms with E-state index in [2.05, 4.69) is 15.7 Å². The van der Waals surface area contributed by atoms with E-state index in [1.165, 1.54) is 4.90 Å². The average molecular weight is 353 g/mol. The molecule has 2 aromatic rings. The number of urea groups is 1. The second kappa shape index (κ2) is 6.66. The van der Waals surface area contributed by atoms with E-state index in [0.29, 0.717) is 19.6 Å². The molecule has 0 saturated carbocycles. The lowest BCUT2D eigenvalue weighted by atomic mass is 10.2. The predicted molar refractivity (Wildman–Crippen MR) is 86.7 cm³/mol. The van der Waals surface area contributed by atoms with Crippen molar-refractivity contribution >= 4 is 17.4 Å². The van der Waals surface area contributed by atoms with Crippen molar-refractivity contribution in [2.75, 3.05) is 17.2 Å². The molecule has 1 aromatic carbocycles. The number of anilines is 2. The Morgan fingerprint density at radius 3 is 2.64 bits per heavy atom. The fourth-order valence-corrected chi connectivity index (χ4v) is 2.83. The highest BCUT2D eigenvalue weighted by Crippen LogP contribution is 2.25. The van der Waals surface area contributed by atoms with Gasteiger partial charge in [0.15, 0.2) is 17.5 Å². The summed E-state index contributed by atoms with van der Waals surface area (Å²) < 4.78 is 41.5. The minimum Gasteiger partial charge on any atom is -0.383 e. The number of rotatable bonds is 3. The van der Waals surface area contributed by atoms with E-state index in [4.69, 9.17) is 0 Å². The summed E-state index contributed by atoms with van der Waals surface area (Å²) in [6.07, 6.45) is 1.71. The van der Waals surface area contributed by atoms with E-state index in [0.717, 1.165) is 23.5 Å². The van der Waals surface area contributed by atoms with Crippen molar-refractivity contribution < 1.29 is 18.0 Å². The van der Waals surface area contributed by atoms with Crippen LogP contribution in [0.2, 0.25) is 0 Å². The summed E-state index contributed by atoms with van der Waals surface area (Å²) in [5, 5.41) is 9.89. The van der Waals surface area contributed by atoms with Gasteiger partial charge < -0.3 is 15.5 Å². The maximum absolute atomic E-state index is 13.3. The van der Waals surface area contributed by atoms with Crippen LogP contribution in [0.3, 0.4) is 0 Å². The van der Waals surface area contributed by atoms with Gasteiger partial charge in [-0.05, 0) is 13.8 Å². The lowest BCUT2D eigenvalue weighted by Gasteiger charge is -2.34. The molecule has 134 valence electrons. The smallest absolute Gasteiger partial charge is 0.322 e. The van der Waals surface area contributed by atoms with E-state index in [-0.39, 0.29) is 11.7 Å². The largest absolute Gasteiger partial charge is 0.383 e. The maximum Gasteiger partial charge on any atom is 0.322 e. The zero-order valence-electron chi connectivity index (χ0n) is 13.8. The molecule has 0 unspecified atom stereocenters. The van der Waals surface area contributed by atoms with Gasteiger partial charge in [0.2, 0.25) is 0 Å². The molecule has 0 aliphatic carbocycles. The summed E-state index contributed by atoms with van der Waals surface area (Å²) in [5.41, 5.74) is 1.55. The number of benzene rings is 1. The zero-order valence-corrected chi connectivity index (χ0v) is 13.8. The van der Waals surface area contributed by atoms with Crippen LogP contribution in [-0.4, -0.2) is 33.3 Å². The Kier molecular flexibility index (Phi) is 4.56. The first-order valence-electron chi connectivity index (χ1n) is 7.91. The second-order valence-electron chi connectivity index (χ2n) is 5.88. The number of amides is 2. The van der Waals surface area contributed by atoms with Gasteiger partial charge in [0.1, 0.15) is 0 Å². The first-order chi connectivity index (χ1) is 11.9. The normalized spacial score (nSPS) is 16.5. The molecular weight excluding hydrogens is 335 g/mol. The van der Waals surface area contributed by atoms with Crippen molar-refractivity contribution in [3.8, 4) is 0 Å². The number of aromatic nitrogens is 2. The number of nitrogens with zero attached hydrogens (tertiary/aromatic N) is 3. The number of carbonyl (C=O) groups excluding carboxylic acids is 1. The average Bonchev–Trinajstić information content (AvgIpc) is 2.94. The van der Waals surface area contributed by atoms with Gasteiger partial charge in [0.05, 0.1) is 36.7 Å². The summed E-state index contributed by atoms with van der Waals surface area (Å²) in [4.78, 5) is 14.1. The van der Waals surface area contributed by atoms with E-state index >= 15 is 0 Å². The van der Waals surface area contributed by atoms with Crippen molar-refractivity contribution in [2.24, 2.45) is 0 Å². The summed E-state index contributed by atoms with van der Waals surface area (Å²) in [7, 11) is 0. The number of fused-ring (bicyclic) bond motifs is 1. The Labute approximate surface area is 142 Å². The van der Waals surface area contributed by atoms with Crippen LogP contribution in [0.4, 0.5) is 29.3 Å². The van der Waals surface area contributed by atoms with Crippen molar-refractivity contribution in [3.63, 3.8) is 0 Å². The molecule has 2 amide bonds. The quantitative estimate of drug-likeness (QED) is 0.833. The third kappa shape index (κ3) is 3.26. The second-order valence-corrected chi connectivity index (χ2v) is 5.88. The van der Waals surface area contributed by atoms with Crippen LogP contribution in [0.5, 0.6) is 0 Å². The van der Waals surface area contributed by atoms with E-state index in [9.17, 15) is 18.0 Å². The molecule has 9 heteroatoms. The summed E-state index contributed by atoms with van der Waals surface area (Å²) in [6.45, 7) is 5.32. The fourth-order valence-electron chi connectivity index (χ4n) is 2.83. The Balaban J connectivity index is 1.79. The zero-order chi connectivity index (χ0) is 18.1. The number of carbonyl (C=O) groups is 1. The van der Waals surface area contributed by atoms with Gasteiger partial charge in [0, 0.05) is 24.4 Å². The molecule has 1 aliphatic heterocycles. The van der Waals surface area contributed by atoms with E-state index < -0.39 is 23.5 Å². The molecule has 1 atom stereocenters. The Hall–Kier alpha value is -2.71. The van der Waals surface area contributed by atoms with Gasteiger partial charge in [0.25, 0.3) is 0 Å². The van der Waals surface area contributed by atoms with Gasteiger partial charge in [-0.2, -0.15) is 5.10 Å². The first-order valence-corrected chi connectivity index (χ1v) is 7.91. The molecule has 2 N–H and O–H groups in total. The minimum atomic E-state index is -1.57. The fraction of sp³-hybridized carbons (Fsp3) is 0.375. The van der Waals surface area contributed by atoms with Gasteiger partial charge >= 0.3 is 6.03 Å². The number of halogens is 3. The van der Waals surface area contributed by atoms with Gasteiger partial charge in [-0.1, -0.05) is 0 Å². The van der Waals surface area contributed by atoms with Gasteiger partial charge in [-0.25, -0.2) is 18.0 Å². The summed E-state index contributed by atoms with van der Waals surface area (Å²) >= 11 is 0. The molecule has 0 fully saturated rings. The van der Waals surface area contributed by atoms with Crippen LogP contribution in [0.25, 0.3) is 0 Å². The van der Waals surface area contributed by atoms with E-state index in [1.54, 1.807) is 6.20 Å². The van der Waals surface area contributed by atoms with Crippen molar-refractivity contribution in [1.82, 2.24) is 14.7 Å². The van der Waals surface area contributed by atoms with Crippen LogP contribution >= 0.6 is 0 Å². The molecule has 2 heterocycles. The molecule has 1 aromatic heterocycles. The van der Waals surface area contributed by atoms with Crippen LogP contribution in [0, 0.1) is 17.5 Å². The van der Waals surface area contributed by atoms with Crippen LogP contribution in [-0.2, 0) is 13.1 Å². The van der Waals surface area contributed by atoms with Crippen molar-refractivity contribution in [3.05, 3.63) is 41.5 Å². The third-order valence-corrected chi connectivity index (χ3v) is 4.10. The molecule has 0 bridgehead atoms. The predicted octanol–water partition coefficient (Wildman–Crippen LogP) is 3.17. The number of nitrogens with one attached hydrogen (secondary N) is 2. The Morgan fingerprint density at radius 2 is 2.00 bits per heavy atom. The van der Waals surface area contributed by atoms with Gasteiger partial charge in [-0.15, -0.1) is 0 Å². The van der Waals surface area contributed by atoms with E-state index in [1.807, 2.05) is 18.5 Å². The SMILES string of the molecule is CCNc1cnn2c1CN(C(=O)Nc1cc(F)c(F)c(F)c1)[C@@H](C)C2. The lowest BCUT2D eigenvalue weighted by molar-refractivity contribution is 0.162. The maximum atomic E-state index is 13.3. The highest BCUT2D eigenvalue weighted by molar-refractivity contribution is 5.89. The summed E-state index contributed by atoms with van der Waals surface area (Å²) in [6, 6.07) is 0.809. The lowest BCUT2D eigenvalue weighted by Crippen LogP contribution is -2.47. The standard InChI is InChI=1S/C16H18F3N5O/c1-3-20-13-6-21-24-7-9(2)23(8-14(13)24)16(25)22-10-4-11(17)15(19)12(18)5-10/h4-6,9,20H,3,7-8H2,1-2H3,(H,22,25)/t9-/m0/s1. The topological polar surface area (TPSA) is 62.2 Å². The van der Waals surface area contributed by atoms with Crippen molar-refractivity contribution in [1.29, 1.82) is 0 Å². The molecule has 0 radical (unpaired) electrons. The molecule has 0 spiro atoms. The monoisotopic (exact) mass is 353 g/mol. The van der Waals surface area contributed by atoms with Gasteiger partial charge in [-0.3, -0.25) is 4.68 Å². The minimum absolute atomic E-state index is 0.139. The Morgan fingerprint density at radius 1 is 1.32 bits per heavy atom. The molecular formula is C16H18F3N5O. The number of hydrogen-bond donors (Lipinski definition) is 2. The van der Waals surface area contributed by atoms with Crippen molar-refractivity contribution in [2.45, 2.75) is 33.0 Å². The highest BCUT2D eigenvalue weighted by Gasteiger charge is 2.29. The van der Waals surface area contributed by atoms with Crippen LogP contribution < -0.4 is 10.6 Å². The summed E-state index contributed by atoms with van der Waals surface area (Å²) in [5.74, 6) is -4.27. The Bertz CT molecular complexity index is 771. The third-order valence-electron chi connectivity index (χ3n) is 4.10. The molecule has 3 rings (SSSR count). The number of hydrogen-bond acceptors (Lipinski definition) is 3. The highest BCUT2D eigenvalue weighted by atomic mass is 19.2. The molecule has 1 aliphatic rings. The molecule has 25 heavy (non-hydrogen) atoms. The first kappa shape index (κ1) is 17.1. The van der Waals surface area contributed by atoms with Crippen LogP contribution in [0.1, 0.15) is 19.5 Å². The van der Waals surface area contributed by atoms with Crippen LogP contribution in [0.15, 0.2) is 18.3 Å². The molecule has 0 saturated heterocycles.